The molecule has 1 saturated carbocycles. The smallest absolute Gasteiger partial charge is 0.277 e. The second-order valence-electron chi connectivity index (χ2n) is 9.37. The normalized spacial score (nSPS) is 19.8. The summed E-state index contributed by atoms with van der Waals surface area (Å²) in [5.74, 6) is -0.0616. The van der Waals surface area contributed by atoms with Gasteiger partial charge in [-0.15, -0.1) is 0 Å². The van der Waals surface area contributed by atoms with Gasteiger partial charge in [-0.2, -0.15) is 17.9 Å². The molecule has 3 N–H and O–H groups in total. The van der Waals surface area contributed by atoms with Crippen molar-refractivity contribution in [2.24, 2.45) is 0 Å². The molecular formula is C28H32FN3O4S. The van der Waals surface area contributed by atoms with Crippen LogP contribution in [0.25, 0.3) is 0 Å². The van der Waals surface area contributed by atoms with Crippen LogP contribution in [0.15, 0.2) is 78.9 Å². The van der Waals surface area contributed by atoms with E-state index in [9.17, 15) is 17.6 Å². The summed E-state index contributed by atoms with van der Waals surface area (Å²) >= 11 is 0. The number of carbonyl (C=O) groups excluding carboxylic acids is 1. The SMILES string of the molecule is COc1ccccc1C(=O)NCC1(c2ccccc2)CCC(NS(=O)(=O)NCc2ccc(F)cc2)CC1. The minimum Gasteiger partial charge on any atom is -0.496 e. The quantitative estimate of drug-likeness (QED) is 0.372. The predicted molar refractivity (Wildman–Crippen MR) is 141 cm³/mol. The van der Waals surface area contributed by atoms with Crippen molar-refractivity contribution >= 4 is 16.1 Å². The Kier molecular flexibility index (Phi) is 8.58. The average Bonchev–Trinajstić information content (AvgIpc) is 2.92. The number of carbonyl (C=O) groups is 1. The molecule has 0 radical (unpaired) electrons. The van der Waals surface area contributed by atoms with E-state index >= 15 is 0 Å². The first kappa shape index (κ1) is 26.8. The van der Waals surface area contributed by atoms with Crippen molar-refractivity contribution in [2.45, 2.75) is 43.7 Å². The fourth-order valence-electron chi connectivity index (χ4n) is 4.87. The molecule has 1 fully saturated rings. The first-order valence-corrected chi connectivity index (χ1v) is 13.8. The molecule has 0 spiro atoms. The summed E-state index contributed by atoms with van der Waals surface area (Å²) in [7, 11) is -2.20. The third-order valence-corrected chi connectivity index (χ3v) is 8.14. The van der Waals surface area contributed by atoms with Crippen molar-refractivity contribution in [2.75, 3.05) is 13.7 Å². The third-order valence-electron chi connectivity index (χ3n) is 6.97. The van der Waals surface area contributed by atoms with Gasteiger partial charge in [-0.1, -0.05) is 54.6 Å². The second kappa shape index (κ2) is 11.9. The maximum Gasteiger partial charge on any atom is 0.277 e. The van der Waals surface area contributed by atoms with E-state index in [-0.39, 0.29) is 29.7 Å². The highest BCUT2D eigenvalue weighted by atomic mass is 32.2. The number of nitrogens with one attached hydrogen (secondary N) is 3. The van der Waals surface area contributed by atoms with Crippen molar-refractivity contribution in [3.63, 3.8) is 0 Å². The van der Waals surface area contributed by atoms with Gasteiger partial charge < -0.3 is 10.1 Å². The maximum absolute atomic E-state index is 13.1. The van der Waals surface area contributed by atoms with Gasteiger partial charge in [-0.05, 0) is 61.1 Å². The average molecular weight is 526 g/mol. The summed E-state index contributed by atoms with van der Waals surface area (Å²) in [6.45, 7) is 0.501. The lowest BCUT2D eigenvalue weighted by Crippen LogP contribution is -2.49. The molecule has 7 nitrogen and oxygen atoms in total. The summed E-state index contributed by atoms with van der Waals surface area (Å²) in [6.07, 6.45) is 2.65. The van der Waals surface area contributed by atoms with Crippen molar-refractivity contribution in [1.29, 1.82) is 0 Å². The van der Waals surface area contributed by atoms with E-state index in [1.165, 1.54) is 19.2 Å². The van der Waals surface area contributed by atoms with Crippen LogP contribution in [0.4, 0.5) is 4.39 Å². The van der Waals surface area contributed by atoms with Crippen molar-refractivity contribution in [3.05, 3.63) is 101 Å². The summed E-state index contributed by atoms with van der Waals surface area (Å²) in [5, 5.41) is 3.09. The van der Waals surface area contributed by atoms with Gasteiger partial charge in [-0.3, -0.25) is 4.79 Å². The van der Waals surface area contributed by atoms with Gasteiger partial charge >= 0.3 is 0 Å². The Bertz CT molecular complexity index is 1290. The molecule has 0 unspecified atom stereocenters. The number of benzene rings is 3. The van der Waals surface area contributed by atoms with E-state index in [0.29, 0.717) is 49.1 Å². The van der Waals surface area contributed by atoms with Gasteiger partial charge in [0.05, 0.1) is 12.7 Å². The molecule has 1 aliphatic rings. The topological polar surface area (TPSA) is 96.5 Å². The highest BCUT2D eigenvalue weighted by molar-refractivity contribution is 7.87. The Morgan fingerprint density at radius 2 is 1.62 bits per heavy atom. The number of methoxy groups -OCH3 is 1. The van der Waals surface area contributed by atoms with Crippen LogP contribution in [0, 0.1) is 5.82 Å². The zero-order chi connectivity index (χ0) is 26.3. The minimum absolute atomic E-state index is 0.0747. The standard InChI is InChI=1S/C28H32FN3O4S/c1-36-26-10-6-5-9-25(26)27(33)30-20-28(22-7-3-2-4-8-22)17-15-24(16-18-28)32-37(34,35)31-19-21-11-13-23(29)14-12-21/h2-14,24,31-32H,15-20H2,1H3,(H,30,33). The van der Waals surface area contributed by atoms with Crippen LogP contribution in [-0.4, -0.2) is 34.0 Å². The molecule has 3 aromatic rings. The van der Waals surface area contributed by atoms with E-state index in [2.05, 4.69) is 26.9 Å². The molecule has 196 valence electrons. The lowest BCUT2D eigenvalue weighted by Gasteiger charge is -2.41. The lowest BCUT2D eigenvalue weighted by atomic mass is 9.68. The number of halogens is 1. The van der Waals surface area contributed by atoms with Crippen molar-refractivity contribution in [1.82, 2.24) is 14.8 Å². The van der Waals surface area contributed by atoms with Crippen molar-refractivity contribution < 1.29 is 22.3 Å². The van der Waals surface area contributed by atoms with Crippen LogP contribution in [0.2, 0.25) is 0 Å². The molecule has 0 saturated heterocycles. The molecule has 37 heavy (non-hydrogen) atoms. The molecule has 1 amide bonds. The van der Waals surface area contributed by atoms with Gasteiger partial charge in [0.15, 0.2) is 0 Å². The van der Waals surface area contributed by atoms with Crippen LogP contribution >= 0.6 is 0 Å². The van der Waals surface area contributed by atoms with E-state index in [4.69, 9.17) is 4.74 Å². The number of ether oxygens (including phenoxy) is 1. The molecule has 0 atom stereocenters. The monoisotopic (exact) mass is 525 g/mol. The zero-order valence-corrected chi connectivity index (χ0v) is 21.6. The number of para-hydroxylation sites is 1. The van der Waals surface area contributed by atoms with Gasteiger partial charge in [-0.25, -0.2) is 4.39 Å². The molecule has 3 aromatic carbocycles. The zero-order valence-electron chi connectivity index (χ0n) is 20.7. The van der Waals surface area contributed by atoms with Gasteiger partial charge in [0.25, 0.3) is 16.1 Å². The fourth-order valence-corrected chi connectivity index (χ4v) is 5.98. The lowest BCUT2D eigenvalue weighted by molar-refractivity contribution is 0.0932. The molecule has 1 aliphatic carbocycles. The van der Waals surface area contributed by atoms with Crippen LogP contribution in [-0.2, 0) is 22.2 Å². The number of hydrogen-bond acceptors (Lipinski definition) is 4. The number of rotatable bonds is 10. The Hall–Kier alpha value is -3.27. The molecule has 4 rings (SSSR count). The largest absolute Gasteiger partial charge is 0.496 e. The van der Waals surface area contributed by atoms with E-state index in [1.54, 1.807) is 30.3 Å². The number of hydrogen-bond donors (Lipinski definition) is 3. The van der Waals surface area contributed by atoms with Crippen LogP contribution in [0.3, 0.4) is 0 Å². The van der Waals surface area contributed by atoms with E-state index in [1.807, 2.05) is 24.3 Å². The summed E-state index contributed by atoms with van der Waals surface area (Å²) in [5.41, 5.74) is 1.94. The molecule has 9 heteroatoms. The maximum atomic E-state index is 13.1. The highest BCUT2D eigenvalue weighted by Gasteiger charge is 2.38. The van der Waals surface area contributed by atoms with Gasteiger partial charge in [0.1, 0.15) is 11.6 Å². The molecule has 0 aromatic heterocycles. The second-order valence-corrected chi connectivity index (χ2v) is 10.9. The van der Waals surface area contributed by atoms with E-state index < -0.39 is 10.2 Å². The van der Waals surface area contributed by atoms with Gasteiger partial charge in [0, 0.05) is 24.5 Å². The van der Waals surface area contributed by atoms with Crippen LogP contribution in [0.1, 0.15) is 47.2 Å². The summed E-state index contributed by atoms with van der Waals surface area (Å²) in [6, 6.07) is 22.6. The van der Waals surface area contributed by atoms with E-state index in [0.717, 1.165) is 5.56 Å². The summed E-state index contributed by atoms with van der Waals surface area (Å²) in [4.78, 5) is 13.0. The first-order chi connectivity index (χ1) is 17.8. The van der Waals surface area contributed by atoms with Gasteiger partial charge in [0.2, 0.25) is 0 Å². The molecule has 0 heterocycles. The summed E-state index contributed by atoms with van der Waals surface area (Å²) < 4.78 is 49.0. The Balaban J connectivity index is 1.40. The molecular weight excluding hydrogens is 493 g/mol. The van der Waals surface area contributed by atoms with Crippen molar-refractivity contribution in [3.8, 4) is 5.75 Å². The highest BCUT2D eigenvalue weighted by Crippen LogP contribution is 2.39. The van der Waals surface area contributed by atoms with Crippen LogP contribution in [0.5, 0.6) is 5.75 Å². The van der Waals surface area contributed by atoms with Crippen LogP contribution < -0.4 is 19.5 Å². The third kappa shape index (κ3) is 6.94. The molecule has 0 bridgehead atoms. The fraction of sp³-hybridized carbons (Fsp3) is 0.321. The predicted octanol–water partition coefficient (Wildman–Crippen LogP) is 4.07. The Morgan fingerprint density at radius 1 is 0.973 bits per heavy atom. The number of amides is 1. The Labute approximate surface area is 217 Å². The Morgan fingerprint density at radius 3 is 2.30 bits per heavy atom. The minimum atomic E-state index is -3.74. The molecule has 0 aliphatic heterocycles. The first-order valence-electron chi connectivity index (χ1n) is 12.3.